The van der Waals surface area contributed by atoms with Gasteiger partial charge in [-0.2, -0.15) is 4.72 Å². The Morgan fingerprint density at radius 2 is 1.68 bits per heavy atom. The van der Waals surface area contributed by atoms with Crippen molar-refractivity contribution in [2.24, 2.45) is 0 Å². The lowest BCUT2D eigenvalue weighted by atomic mass is 9.96. The van der Waals surface area contributed by atoms with Gasteiger partial charge in [0.2, 0.25) is 10.0 Å². The minimum absolute atomic E-state index is 0.0856. The van der Waals surface area contributed by atoms with Gasteiger partial charge in [-0.05, 0) is 43.2 Å². The first-order chi connectivity index (χ1) is 18.1. The Morgan fingerprint density at radius 3 is 2.24 bits per heavy atom. The van der Waals surface area contributed by atoms with Gasteiger partial charge in [0.05, 0.1) is 35.6 Å². The van der Waals surface area contributed by atoms with Crippen LogP contribution in [-0.2, 0) is 29.1 Å². The molecule has 38 heavy (non-hydrogen) atoms. The molecular weight excluding hydrogens is 518 g/mol. The van der Waals surface area contributed by atoms with Crippen LogP contribution in [0.2, 0.25) is 0 Å². The number of rotatable bonds is 12. The van der Waals surface area contributed by atoms with Gasteiger partial charge in [-0.1, -0.05) is 19.1 Å². The number of nitro benzene ring substituents is 1. The molecule has 0 bridgehead atoms. The van der Waals surface area contributed by atoms with Crippen molar-refractivity contribution < 1.29 is 37.1 Å². The maximum Gasteiger partial charge on any atom is 0.325 e. The molecule has 0 spiro atoms. The highest BCUT2D eigenvalue weighted by Crippen LogP contribution is 2.25. The van der Waals surface area contributed by atoms with E-state index in [4.69, 9.17) is 14.2 Å². The molecule has 2 atom stereocenters. The Bertz CT molecular complexity index is 1210. The fourth-order valence-electron chi connectivity index (χ4n) is 3.94. The quantitative estimate of drug-likeness (QED) is 0.180. The molecule has 1 aliphatic rings. The van der Waals surface area contributed by atoms with E-state index in [1.54, 1.807) is 13.8 Å². The van der Waals surface area contributed by atoms with Crippen molar-refractivity contribution in [1.29, 1.82) is 0 Å². The summed E-state index contributed by atoms with van der Waals surface area (Å²) >= 11 is 0. The molecule has 2 unspecified atom stereocenters. The first kappa shape index (κ1) is 29.2. The Hall–Kier alpha value is -3.39. The van der Waals surface area contributed by atoms with Gasteiger partial charge >= 0.3 is 11.9 Å². The fourth-order valence-corrected chi connectivity index (χ4v) is 5.12. The number of esters is 2. The number of carbonyl (C=O) groups excluding carboxylic acids is 2. The van der Waals surface area contributed by atoms with Gasteiger partial charge in [0, 0.05) is 31.8 Å². The van der Waals surface area contributed by atoms with Gasteiger partial charge in [-0.3, -0.25) is 24.6 Å². The van der Waals surface area contributed by atoms with E-state index in [0.29, 0.717) is 38.3 Å². The topological polar surface area (TPSA) is 154 Å². The van der Waals surface area contributed by atoms with Crippen LogP contribution in [0.25, 0.3) is 0 Å². The molecule has 1 fully saturated rings. The molecule has 1 saturated heterocycles. The summed E-state index contributed by atoms with van der Waals surface area (Å²) in [5, 5.41) is 10.9. The van der Waals surface area contributed by atoms with Gasteiger partial charge in [0.1, 0.15) is 11.8 Å². The van der Waals surface area contributed by atoms with Gasteiger partial charge in [-0.25, -0.2) is 8.42 Å². The van der Waals surface area contributed by atoms with Crippen molar-refractivity contribution in [1.82, 2.24) is 9.62 Å². The van der Waals surface area contributed by atoms with Gasteiger partial charge in [0.15, 0.2) is 0 Å². The van der Waals surface area contributed by atoms with Crippen LogP contribution >= 0.6 is 0 Å². The zero-order valence-electron chi connectivity index (χ0n) is 21.2. The Balaban J connectivity index is 1.68. The smallest absolute Gasteiger partial charge is 0.325 e. The Labute approximate surface area is 221 Å². The molecule has 1 aliphatic heterocycles. The highest BCUT2D eigenvalue weighted by atomic mass is 32.2. The van der Waals surface area contributed by atoms with Crippen LogP contribution < -0.4 is 9.46 Å². The monoisotopic (exact) mass is 549 g/mol. The van der Waals surface area contributed by atoms with Crippen molar-refractivity contribution >= 4 is 27.6 Å². The molecule has 1 heterocycles. The van der Waals surface area contributed by atoms with Crippen LogP contribution in [0.3, 0.4) is 0 Å². The second-order valence-electron chi connectivity index (χ2n) is 8.54. The third-order valence-electron chi connectivity index (χ3n) is 5.96. The minimum atomic E-state index is -4.10. The van der Waals surface area contributed by atoms with Gasteiger partial charge in [0.25, 0.3) is 5.69 Å². The number of nitrogens with zero attached hydrogens (tertiary/aromatic N) is 2. The predicted molar refractivity (Wildman–Crippen MR) is 136 cm³/mol. The van der Waals surface area contributed by atoms with Crippen molar-refractivity contribution in [2.75, 3.05) is 39.5 Å². The van der Waals surface area contributed by atoms with Crippen LogP contribution in [-0.4, -0.2) is 75.7 Å². The molecule has 0 amide bonds. The first-order valence-electron chi connectivity index (χ1n) is 12.2. The minimum Gasteiger partial charge on any atom is -0.465 e. The van der Waals surface area contributed by atoms with E-state index in [-0.39, 0.29) is 29.5 Å². The zero-order chi connectivity index (χ0) is 27.7. The molecule has 3 rings (SSSR count). The van der Waals surface area contributed by atoms with E-state index in [9.17, 15) is 28.1 Å². The highest BCUT2D eigenvalue weighted by molar-refractivity contribution is 7.89. The third-order valence-corrected chi connectivity index (χ3v) is 7.45. The number of carbonyl (C=O) groups is 2. The van der Waals surface area contributed by atoms with E-state index in [1.165, 1.54) is 48.5 Å². The average Bonchev–Trinajstić information content (AvgIpc) is 2.90. The van der Waals surface area contributed by atoms with E-state index >= 15 is 0 Å². The van der Waals surface area contributed by atoms with E-state index in [1.807, 2.05) is 4.90 Å². The highest BCUT2D eigenvalue weighted by Gasteiger charge is 2.30. The molecule has 0 saturated carbocycles. The van der Waals surface area contributed by atoms with Crippen LogP contribution in [0.4, 0.5) is 5.69 Å². The second-order valence-corrected chi connectivity index (χ2v) is 10.3. The lowest BCUT2D eigenvalue weighted by Crippen LogP contribution is -2.51. The van der Waals surface area contributed by atoms with Crippen LogP contribution in [0, 0.1) is 10.1 Å². The largest absolute Gasteiger partial charge is 0.465 e. The number of sulfonamides is 1. The third kappa shape index (κ3) is 7.81. The van der Waals surface area contributed by atoms with Crippen LogP contribution in [0.5, 0.6) is 5.75 Å². The lowest BCUT2D eigenvalue weighted by molar-refractivity contribution is -0.384. The number of benzene rings is 2. The van der Waals surface area contributed by atoms with Crippen molar-refractivity contribution in [3.63, 3.8) is 0 Å². The number of ether oxygens (including phenoxy) is 3. The molecule has 206 valence electrons. The zero-order valence-corrected chi connectivity index (χ0v) is 22.0. The maximum absolute atomic E-state index is 13.0. The number of nitrogens with one attached hydrogen (secondary N) is 1. The summed E-state index contributed by atoms with van der Waals surface area (Å²) in [5.74, 6) is -1.79. The number of hydrogen-bond acceptors (Lipinski definition) is 10. The first-order valence-corrected chi connectivity index (χ1v) is 13.7. The normalized spacial score (nSPS) is 15.8. The van der Waals surface area contributed by atoms with Crippen LogP contribution in [0.15, 0.2) is 53.4 Å². The van der Waals surface area contributed by atoms with E-state index < -0.39 is 38.8 Å². The van der Waals surface area contributed by atoms with E-state index in [0.717, 1.165) is 0 Å². The molecular formula is C25H31N3O9S. The molecule has 0 aromatic heterocycles. The standard InChI is InChI=1S/C25H31N3O9S/c1-3-22(18-5-7-19(8-6-18)28(31)32)24(29)37-20-9-11-21(12-10-20)38(33,34)26-23(25(30)36-4-2)17-27-13-15-35-16-14-27/h5-12,22-23,26H,3-4,13-17H2,1-2H3. The lowest BCUT2D eigenvalue weighted by Gasteiger charge is -2.29. The molecule has 1 N–H and O–H groups in total. The molecule has 0 aliphatic carbocycles. The molecule has 2 aromatic rings. The maximum atomic E-state index is 13.0. The number of morpholine rings is 1. The summed E-state index contributed by atoms with van der Waals surface area (Å²) in [6, 6.07) is 9.78. The number of hydrogen-bond donors (Lipinski definition) is 1. The summed E-state index contributed by atoms with van der Waals surface area (Å²) in [6.45, 7) is 5.79. The van der Waals surface area contributed by atoms with Crippen molar-refractivity contribution in [3.05, 3.63) is 64.2 Å². The Kier molecular flexibility index (Phi) is 10.3. The average molecular weight is 550 g/mol. The SMILES string of the molecule is CCOC(=O)C(CN1CCOCC1)NS(=O)(=O)c1ccc(OC(=O)C(CC)c2ccc([N+](=O)[O-])cc2)cc1. The molecule has 12 nitrogen and oxygen atoms in total. The summed E-state index contributed by atoms with van der Waals surface area (Å²) in [6.07, 6.45) is 0.394. The summed E-state index contributed by atoms with van der Waals surface area (Å²) in [5.41, 5.74) is 0.481. The summed E-state index contributed by atoms with van der Waals surface area (Å²) in [7, 11) is -4.10. The molecule has 13 heteroatoms. The van der Waals surface area contributed by atoms with Gasteiger partial charge in [-0.15, -0.1) is 0 Å². The molecule has 0 radical (unpaired) electrons. The summed E-state index contributed by atoms with van der Waals surface area (Å²) in [4.78, 5) is 37.4. The van der Waals surface area contributed by atoms with Gasteiger partial charge < -0.3 is 14.2 Å². The predicted octanol–water partition coefficient (Wildman–Crippen LogP) is 2.24. The second kappa shape index (κ2) is 13.4. The van der Waals surface area contributed by atoms with Crippen molar-refractivity contribution in [2.45, 2.75) is 37.1 Å². The Morgan fingerprint density at radius 1 is 1.05 bits per heavy atom. The van der Waals surface area contributed by atoms with Crippen molar-refractivity contribution in [3.8, 4) is 5.75 Å². The fraction of sp³-hybridized carbons (Fsp3) is 0.440. The van der Waals surface area contributed by atoms with E-state index in [2.05, 4.69) is 4.72 Å². The summed E-state index contributed by atoms with van der Waals surface area (Å²) < 4.78 is 44.3. The number of nitro groups is 1. The van der Waals surface area contributed by atoms with Crippen LogP contribution in [0.1, 0.15) is 31.7 Å². The number of non-ortho nitro benzene ring substituents is 1. The molecule has 2 aromatic carbocycles.